The predicted molar refractivity (Wildman–Crippen MR) is 121 cm³/mol. The lowest BCUT2D eigenvalue weighted by atomic mass is 10.0. The first kappa shape index (κ1) is 25.3. The van der Waals surface area contributed by atoms with Gasteiger partial charge in [-0.15, -0.1) is 0 Å². The Morgan fingerprint density at radius 3 is 2.30 bits per heavy atom. The van der Waals surface area contributed by atoms with Gasteiger partial charge in [-0.2, -0.15) is 0 Å². The summed E-state index contributed by atoms with van der Waals surface area (Å²) < 4.78 is 10.4. The second-order valence-electron chi connectivity index (χ2n) is 7.66. The number of esters is 1. The zero-order chi connectivity index (χ0) is 24.5. The van der Waals surface area contributed by atoms with Gasteiger partial charge in [0, 0.05) is 12.1 Å². The van der Waals surface area contributed by atoms with Crippen LogP contribution in [0.2, 0.25) is 0 Å². The molecule has 2 rings (SSSR count). The molecule has 0 aliphatic carbocycles. The molecule has 10 heteroatoms. The number of nitro benzene ring substituents is 1. The summed E-state index contributed by atoms with van der Waals surface area (Å²) in [5.74, 6) is -1.90. The molecule has 0 radical (unpaired) electrons. The van der Waals surface area contributed by atoms with E-state index in [9.17, 15) is 24.5 Å². The van der Waals surface area contributed by atoms with Crippen LogP contribution in [-0.2, 0) is 25.5 Å². The average Bonchev–Trinajstić information content (AvgIpc) is 2.77. The lowest BCUT2D eigenvalue weighted by Crippen LogP contribution is -2.47. The number of hydrogen-bond donors (Lipinski definition) is 2. The number of nitrogens with zero attached hydrogens (tertiary/aromatic N) is 1. The number of rotatable bonds is 10. The smallest absolute Gasteiger partial charge is 0.329 e. The number of carbonyl (C=O) groups excluding carboxylic acids is 3. The third-order valence-corrected chi connectivity index (χ3v) is 4.76. The van der Waals surface area contributed by atoms with Crippen LogP contribution >= 0.6 is 0 Å². The van der Waals surface area contributed by atoms with Crippen LogP contribution in [-0.4, -0.2) is 42.0 Å². The highest BCUT2D eigenvalue weighted by Crippen LogP contribution is 2.29. The number of nitro groups is 1. The fourth-order valence-electron chi connectivity index (χ4n) is 2.95. The Morgan fingerprint density at radius 1 is 1.06 bits per heavy atom. The van der Waals surface area contributed by atoms with Gasteiger partial charge >= 0.3 is 5.97 Å². The van der Waals surface area contributed by atoms with Gasteiger partial charge in [0.05, 0.1) is 24.1 Å². The van der Waals surface area contributed by atoms with Gasteiger partial charge in [-0.1, -0.05) is 44.2 Å². The maximum atomic E-state index is 12.7. The van der Waals surface area contributed by atoms with E-state index in [0.29, 0.717) is 0 Å². The minimum absolute atomic E-state index is 0.0659. The predicted octanol–water partition coefficient (Wildman–Crippen LogP) is 2.86. The average molecular weight is 457 g/mol. The standard InChI is InChI=1S/C23H27N3O7/c1-14(2)21(25-20(27)12-16-8-6-5-7-9-16)23(29)33-15(3)22(28)24-18-13-17(26(30)31)10-11-19(18)32-4/h5-11,13-15,21H,12H2,1-4H3,(H,24,28)(H,25,27). The molecule has 0 fully saturated rings. The molecule has 2 N–H and O–H groups in total. The number of benzene rings is 2. The van der Waals surface area contributed by atoms with Gasteiger partial charge in [-0.3, -0.25) is 19.7 Å². The number of amides is 2. The lowest BCUT2D eigenvalue weighted by Gasteiger charge is -2.23. The summed E-state index contributed by atoms with van der Waals surface area (Å²) in [5, 5.41) is 16.1. The van der Waals surface area contributed by atoms with Crippen molar-refractivity contribution < 1.29 is 28.8 Å². The molecule has 0 aliphatic heterocycles. The molecule has 0 heterocycles. The number of anilines is 1. The lowest BCUT2D eigenvalue weighted by molar-refractivity contribution is -0.384. The summed E-state index contributed by atoms with van der Waals surface area (Å²) in [6, 6.07) is 11.8. The van der Waals surface area contributed by atoms with Crippen LogP contribution < -0.4 is 15.4 Å². The van der Waals surface area contributed by atoms with Crippen molar-refractivity contribution in [1.29, 1.82) is 0 Å². The third-order valence-electron chi connectivity index (χ3n) is 4.76. The number of hydrogen-bond acceptors (Lipinski definition) is 7. The van der Waals surface area contributed by atoms with E-state index < -0.39 is 28.9 Å². The molecule has 2 atom stereocenters. The summed E-state index contributed by atoms with van der Waals surface area (Å²) in [5.41, 5.74) is 0.623. The monoisotopic (exact) mass is 457 g/mol. The number of nitrogens with one attached hydrogen (secondary N) is 2. The number of non-ortho nitro benzene ring substituents is 1. The first-order valence-corrected chi connectivity index (χ1v) is 10.3. The highest BCUT2D eigenvalue weighted by atomic mass is 16.6. The molecule has 2 aromatic carbocycles. The molecule has 0 bridgehead atoms. The van der Waals surface area contributed by atoms with Crippen LogP contribution in [0.5, 0.6) is 5.75 Å². The number of methoxy groups -OCH3 is 1. The van der Waals surface area contributed by atoms with Gasteiger partial charge in [-0.05, 0) is 24.5 Å². The number of ether oxygens (including phenoxy) is 2. The fourth-order valence-corrected chi connectivity index (χ4v) is 2.95. The normalized spacial score (nSPS) is 12.4. The van der Waals surface area contributed by atoms with Crippen LogP contribution in [0, 0.1) is 16.0 Å². The topological polar surface area (TPSA) is 137 Å². The van der Waals surface area contributed by atoms with Crippen molar-refractivity contribution in [1.82, 2.24) is 5.32 Å². The van der Waals surface area contributed by atoms with E-state index >= 15 is 0 Å². The molecule has 2 unspecified atom stereocenters. The van der Waals surface area contributed by atoms with E-state index in [1.807, 2.05) is 18.2 Å². The molecule has 0 saturated carbocycles. The summed E-state index contributed by atoms with van der Waals surface area (Å²) in [7, 11) is 1.35. The van der Waals surface area contributed by atoms with Crippen LogP contribution in [0.1, 0.15) is 26.3 Å². The zero-order valence-corrected chi connectivity index (χ0v) is 18.9. The second-order valence-corrected chi connectivity index (χ2v) is 7.66. The van der Waals surface area contributed by atoms with Crippen molar-refractivity contribution in [3.05, 3.63) is 64.2 Å². The molecule has 10 nitrogen and oxygen atoms in total. The maximum absolute atomic E-state index is 12.7. The van der Waals surface area contributed by atoms with Gasteiger partial charge in [0.15, 0.2) is 6.10 Å². The van der Waals surface area contributed by atoms with E-state index in [1.54, 1.807) is 26.0 Å². The molecular formula is C23H27N3O7. The Morgan fingerprint density at radius 2 is 1.73 bits per heavy atom. The first-order chi connectivity index (χ1) is 15.6. The van der Waals surface area contributed by atoms with Crippen molar-refractivity contribution in [2.24, 2.45) is 5.92 Å². The zero-order valence-electron chi connectivity index (χ0n) is 18.9. The van der Waals surface area contributed by atoms with Gasteiger partial charge in [0.1, 0.15) is 11.8 Å². The van der Waals surface area contributed by atoms with Crippen LogP contribution in [0.4, 0.5) is 11.4 Å². The van der Waals surface area contributed by atoms with Crippen molar-refractivity contribution in [2.45, 2.75) is 39.3 Å². The van der Waals surface area contributed by atoms with Gasteiger partial charge < -0.3 is 20.1 Å². The Hall–Kier alpha value is -3.95. The SMILES string of the molecule is COc1ccc([N+](=O)[O-])cc1NC(=O)C(C)OC(=O)C(NC(=O)Cc1ccccc1)C(C)C. The summed E-state index contributed by atoms with van der Waals surface area (Å²) in [6.07, 6.45) is -1.13. The molecule has 0 saturated heterocycles. The minimum Gasteiger partial charge on any atom is -0.495 e. The quantitative estimate of drug-likeness (QED) is 0.318. The number of carbonyl (C=O) groups is 3. The van der Waals surface area contributed by atoms with Gasteiger partial charge in [0.2, 0.25) is 5.91 Å². The highest BCUT2D eigenvalue weighted by Gasteiger charge is 2.29. The Labute approximate surface area is 191 Å². The fraction of sp³-hybridized carbons (Fsp3) is 0.348. The van der Waals surface area contributed by atoms with Gasteiger partial charge in [-0.25, -0.2) is 4.79 Å². The summed E-state index contributed by atoms with van der Waals surface area (Å²) >= 11 is 0. The van der Waals surface area contributed by atoms with Gasteiger partial charge in [0.25, 0.3) is 11.6 Å². The largest absolute Gasteiger partial charge is 0.495 e. The maximum Gasteiger partial charge on any atom is 0.329 e. The minimum atomic E-state index is -1.23. The third kappa shape index (κ3) is 7.30. The molecule has 0 spiro atoms. The molecule has 0 aliphatic rings. The van der Waals surface area contributed by atoms with E-state index in [2.05, 4.69) is 10.6 Å². The molecule has 33 heavy (non-hydrogen) atoms. The Bertz CT molecular complexity index is 1010. The highest BCUT2D eigenvalue weighted by molar-refractivity contribution is 5.97. The first-order valence-electron chi connectivity index (χ1n) is 10.3. The van der Waals surface area contributed by atoms with Crippen molar-refractivity contribution in [3.8, 4) is 5.75 Å². The van der Waals surface area contributed by atoms with Crippen molar-refractivity contribution in [2.75, 3.05) is 12.4 Å². The second kappa shape index (κ2) is 11.6. The summed E-state index contributed by atoms with van der Waals surface area (Å²) in [6.45, 7) is 4.85. The molecule has 176 valence electrons. The van der Waals surface area contributed by atoms with Crippen LogP contribution in [0.3, 0.4) is 0 Å². The van der Waals surface area contributed by atoms with Crippen molar-refractivity contribution in [3.63, 3.8) is 0 Å². The van der Waals surface area contributed by atoms with E-state index in [1.165, 1.54) is 26.2 Å². The van der Waals surface area contributed by atoms with Crippen LogP contribution in [0.25, 0.3) is 0 Å². The molecule has 2 amide bonds. The van der Waals surface area contributed by atoms with Crippen molar-refractivity contribution >= 4 is 29.2 Å². The Kier molecular flexibility index (Phi) is 8.90. The van der Waals surface area contributed by atoms with E-state index in [-0.39, 0.29) is 35.4 Å². The molecule has 0 aromatic heterocycles. The summed E-state index contributed by atoms with van der Waals surface area (Å²) in [4.78, 5) is 48.0. The Balaban J connectivity index is 2.03. The molecular weight excluding hydrogens is 430 g/mol. The molecule has 2 aromatic rings. The van der Waals surface area contributed by atoms with E-state index in [4.69, 9.17) is 9.47 Å². The van der Waals surface area contributed by atoms with E-state index in [0.717, 1.165) is 11.6 Å². The van der Waals surface area contributed by atoms with Crippen LogP contribution in [0.15, 0.2) is 48.5 Å².